The average Bonchev–Trinajstić information content (AvgIpc) is 3.65. The summed E-state index contributed by atoms with van der Waals surface area (Å²) in [5.41, 5.74) is 7.16. The van der Waals surface area contributed by atoms with Crippen LogP contribution in [0.5, 0.6) is 0 Å². The highest BCUT2D eigenvalue weighted by Gasteiger charge is 2.35. The molecule has 0 fully saturated rings. The zero-order valence-electron chi connectivity index (χ0n) is 25.7. The average molecular weight is 613 g/mol. The van der Waals surface area contributed by atoms with E-state index in [-0.39, 0.29) is 12.3 Å². The van der Waals surface area contributed by atoms with Gasteiger partial charge in [0.2, 0.25) is 0 Å². The van der Waals surface area contributed by atoms with E-state index in [9.17, 15) is 0 Å². The molecule has 1 aliphatic heterocycles. The van der Waals surface area contributed by atoms with Crippen molar-refractivity contribution in [1.82, 2.24) is 14.4 Å². The molecule has 6 aromatic carbocycles. The molecule has 0 N–H and O–H groups in total. The molecule has 9 rings (SSSR count). The first-order valence-corrected chi connectivity index (χ1v) is 16.6. The Morgan fingerprint density at radius 3 is 2.00 bits per heavy atom. The van der Waals surface area contributed by atoms with E-state index in [0.29, 0.717) is 0 Å². The first-order valence-electron chi connectivity index (χ1n) is 15.7. The van der Waals surface area contributed by atoms with E-state index in [1.54, 1.807) is 0 Å². The van der Waals surface area contributed by atoms with Crippen LogP contribution in [0, 0.1) is 0 Å². The summed E-state index contributed by atoms with van der Waals surface area (Å²) in [5.74, 6) is 0.996. The Labute approximate surface area is 272 Å². The summed E-state index contributed by atoms with van der Waals surface area (Å²) in [5, 5.41) is 5.31. The summed E-state index contributed by atoms with van der Waals surface area (Å²) in [7, 11) is 4.34. The van der Waals surface area contributed by atoms with Crippen molar-refractivity contribution in [3.63, 3.8) is 0 Å². The monoisotopic (exact) mass is 612 g/mol. The van der Waals surface area contributed by atoms with E-state index in [1.807, 2.05) is 11.3 Å². The number of thiophene rings is 1. The van der Waals surface area contributed by atoms with Gasteiger partial charge < -0.3 is 9.47 Å². The maximum Gasteiger partial charge on any atom is 0.134 e. The SMILES string of the molecule is CN1C(c2ccccc2)=NC(c2ccccc2)N(C)C1c1ccc(-n2c3ccccc3c3c4c(ccc32)sc2ccccc24)cc1. The number of amidine groups is 1. The maximum atomic E-state index is 5.29. The fourth-order valence-corrected chi connectivity index (χ4v) is 8.54. The third-order valence-electron chi connectivity index (χ3n) is 9.47. The second kappa shape index (κ2) is 10.7. The van der Waals surface area contributed by atoms with E-state index in [0.717, 1.165) is 17.1 Å². The third kappa shape index (κ3) is 4.13. The van der Waals surface area contributed by atoms with Crippen LogP contribution in [-0.2, 0) is 0 Å². The Bertz CT molecular complexity index is 2410. The molecular formula is C41H32N4S. The summed E-state index contributed by atoms with van der Waals surface area (Å²) >= 11 is 1.88. The van der Waals surface area contributed by atoms with Crippen LogP contribution in [0.15, 0.2) is 151 Å². The van der Waals surface area contributed by atoms with Crippen LogP contribution in [-0.4, -0.2) is 34.3 Å². The number of fused-ring (bicyclic) bond motifs is 7. The summed E-state index contributed by atoms with van der Waals surface area (Å²) in [6.07, 6.45) is -0.0978. The van der Waals surface area contributed by atoms with Gasteiger partial charge in [-0.25, -0.2) is 4.99 Å². The number of para-hydroxylation sites is 1. The van der Waals surface area contributed by atoms with E-state index in [2.05, 4.69) is 174 Å². The van der Waals surface area contributed by atoms with Gasteiger partial charge in [0.1, 0.15) is 18.2 Å². The topological polar surface area (TPSA) is 23.8 Å². The van der Waals surface area contributed by atoms with Crippen molar-refractivity contribution in [3.05, 3.63) is 162 Å². The van der Waals surface area contributed by atoms with Crippen LogP contribution in [0.25, 0.3) is 47.7 Å². The Morgan fingerprint density at radius 1 is 0.543 bits per heavy atom. The zero-order valence-corrected chi connectivity index (χ0v) is 26.5. The first-order chi connectivity index (χ1) is 22.7. The van der Waals surface area contributed by atoms with Crippen molar-refractivity contribution >= 4 is 59.2 Å². The highest BCUT2D eigenvalue weighted by molar-refractivity contribution is 7.26. The fourth-order valence-electron chi connectivity index (χ4n) is 7.43. The van der Waals surface area contributed by atoms with E-state index in [4.69, 9.17) is 4.99 Å². The number of aliphatic imine (C=N–C) groups is 1. The van der Waals surface area contributed by atoms with E-state index >= 15 is 0 Å². The Balaban J connectivity index is 1.18. The fraction of sp³-hybridized carbons (Fsp3) is 0.0976. The minimum absolute atomic E-state index is 0.00177. The summed E-state index contributed by atoms with van der Waals surface area (Å²) in [6, 6.07) is 52.5. The quantitative estimate of drug-likeness (QED) is 0.197. The van der Waals surface area contributed by atoms with Crippen LogP contribution in [0.1, 0.15) is 29.0 Å². The summed E-state index contributed by atoms with van der Waals surface area (Å²) in [4.78, 5) is 9.97. The number of aromatic nitrogens is 1. The lowest BCUT2D eigenvalue weighted by Crippen LogP contribution is -2.46. The van der Waals surface area contributed by atoms with Gasteiger partial charge in [-0.15, -0.1) is 11.3 Å². The second-order valence-electron chi connectivity index (χ2n) is 12.1. The van der Waals surface area contributed by atoms with Crippen molar-refractivity contribution in [2.75, 3.05) is 14.1 Å². The molecule has 2 aromatic heterocycles. The summed E-state index contributed by atoms with van der Waals surface area (Å²) < 4.78 is 5.09. The summed E-state index contributed by atoms with van der Waals surface area (Å²) in [6.45, 7) is 0. The maximum absolute atomic E-state index is 5.29. The van der Waals surface area contributed by atoms with Gasteiger partial charge in [-0.1, -0.05) is 109 Å². The van der Waals surface area contributed by atoms with Gasteiger partial charge >= 0.3 is 0 Å². The van der Waals surface area contributed by atoms with E-state index in [1.165, 1.54) is 53.1 Å². The third-order valence-corrected chi connectivity index (χ3v) is 10.6. The first kappa shape index (κ1) is 27.1. The number of rotatable bonds is 4. The number of hydrogen-bond donors (Lipinski definition) is 0. The molecule has 2 unspecified atom stereocenters. The molecule has 0 bridgehead atoms. The molecule has 5 heteroatoms. The van der Waals surface area contributed by atoms with Gasteiger partial charge in [0.15, 0.2) is 0 Å². The molecule has 46 heavy (non-hydrogen) atoms. The Hall–Kier alpha value is -5.23. The lowest BCUT2D eigenvalue weighted by Gasteiger charge is -2.45. The van der Waals surface area contributed by atoms with Gasteiger partial charge in [-0.2, -0.15) is 0 Å². The van der Waals surface area contributed by atoms with Crippen molar-refractivity contribution in [3.8, 4) is 5.69 Å². The van der Waals surface area contributed by atoms with Crippen molar-refractivity contribution < 1.29 is 0 Å². The number of nitrogens with zero attached hydrogens (tertiary/aromatic N) is 4. The van der Waals surface area contributed by atoms with Crippen molar-refractivity contribution in [1.29, 1.82) is 0 Å². The van der Waals surface area contributed by atoms with Crippen LogP contribution in [0.4, 0.5) is 0 Å². The molecule has 1 aliphatic rings. The number of hydrogen-bond acceptors (Lipinski definition) is 4. The molecular weight excluding hydrogens is 581 g/mol. The predicted molar refractivity (Wildman–Crippen MR) is 194 cm³/mol. The molecule has 3 heterocycles. The van der Waals surface area contributed by atoms with Gasteiger partial charge in [0.25, 0.3) is 0 Å². The van der Waals surface area contributed by atoms with Crippen LogP contribution >= 0.6 is 11.3 Å². The lowest BCUT2D eigenvalue weighted by atomic mass is 10.0. The lowest BCUT2D eigenvalue weighted by molar-refractivity contribution is 0.0744. The molecule has 0 aliphatic carbocycles. The minimum Gasteiger partial charge on any atom is -0.339 e. The molecule has 4 nitrogen and oxygen atoms in total. The highest BCUT2D eigenvalue weighted by atomic mass is 32.1. The largest absolute Gasteiger partial charge is 0.339 e. The molecule has 0 radical (unpaired) electrons. The molecule has 8 aromatic rings. The standard InChI is InChI=1S/C41H32N4S/c1-43-39(27-13-5-3-6-14-27)42-40(28-15-7-4-8-16-28)44(2)41(43)29-21-23-30(24-22-29)45-33-19-11-9-17-31(33)37-34(45)25-26-36-38(37)32-18-10-12-20-35(32)46-36/h3-26,39,41H,1-2H3. The smallest absolute Gasteiger partial charge is 0.134 e. The Morgan fingerprint density at radius 2 is 1.22 bits per heavy atom. The predicted octanol–water partition coefficient (Wildman–Crippen LogP) is 10.2. The van der Waals surface area contributed by atoms with Gasteiger partial charge in [0.05, 0.1) is 11.0 Å². The van der Waals surface area contributed by atoms with Crippen molar-refractivity contribution in [2.24, 2.45) is 4.99 Å². The normalized spacial score (nSPS) is 17.3. The second-order valence-corrected chi connectivity index (χ2v) is 13.2. The Kier molecular flexibility index (Phi) is 6.30. The van der Waals surface area contributed by atoms with Crippen LogP contribution < -0.4 is 0 Å². The van der Waals surface area contributed by atoms with Crippen LogP contribution in [0.2, 0.25) is 0 Å². The van der Waals surface area contributed by atoms with Crippen LogP contribution in [0.3, 0.4) is 0 Å². The molecule has 222 valence electrons. The highest BCUT2D eigenvalue weighted by Crippen LogP contribution is 2.44. The number of benzene rings is 6. The molecule has 0 amide bonds. The molecule has 0 saturated carbocycles. The van der Waals surface area contributed by atoms with E-state index < -0.39 is 0 Å². The zero-order chi connectivity index (χ0) is 30.8. The van der Waals surface area contributed by atoms with Gasteiger partial charge in [-0.3, -0.25) is 4.90 Å². The molecule has 0 saturated heterocycles. The molecule has 2 atom stereocenters. The minimum atomic E-state index is -0.0996. The van der Waals surface area contributed by atoms with Gasteiger partial charge in [0, 0.05) is 49.2 Å². The molecule has 0 spiro atoms. The van der Waals surface area contributed by atoms with Crippen molar-refractivity contribution in [2.45, 2.75) is 12.3 Å². The van der Waals surface area contributed by atoms with Gasteiger partial charge in [-0.05, 0) is 54.6 Å².